The van der Waals surface area contributed by atoms with E-state index in [1.165, 1.54) is 0 Å². The number of amides is 1. The van der Waals surface area contributed by atoms with E-state index in [4.69, 9.17) is 8.94 Å². The quantitative estimate of drug-likeness (QED) is 0.725. The van der Waals surface area contributed by atoms with Crippen molar-refractivity contribution in [2.45, 2.75) is 12.8 Å². The number of aromatic nitrogens is 4. The van der Waals surface area contributed by atoms with E-state index in [-0.39, 0.29) is 11.8 Å². The smallest absolute Gasteiger partial charge is 0.267 e. The van der Waals surface area contributed by atoms with Crippen molar-refractivity contribution in [3.8, 4) is 11.6 Å². The molecule has 4 heterocycles. The number of aryl methyl sites for hydroxylation is 1. The third kappa shape index (κ3) is 2.10. The van der Waals surface area contributed by atoms with Crippen molar-refractivity contribution >= 4 is 17.4 Å². The van der Waals surface area contributed by atoms with Crippen molar-refractivity contribution in [3.63, 3.8) is 0 Å². The molecule has 0 aromatic carbocycles. The topological polar surface area (TPSA) is 98.2 Å². The lowest BCUT2D eigenvalue weighted by molar-refractivity contribution is 0.0573. The second kappa shape index (κ2) is 5.02. The summed E-state index contributed by atoms with van der Waals surface area (Å²) in [4.78, 5) is 18.9. The molecular formula is C13H11N5O3S. The average molecular weight is 317 g/mol. The zero-order valence-electron chi connectivity index (χ0n) is 11.6. The molecular weight excluding hydrogens is 306 g/mol. The van der Waals surface area contributed by atoms with Gasteiger partial charge in [0, 0.05) is 13.1 Å². The van der Waals surface area contributed by atoms with Crippen LogP contribution < -0.4 is 0 Å². The van der Waals surface area contributed by atoms with Crippen molar-refractivity contribution in [2.75, 3.05) is 13.1 Å². The van der Waals surface area contributed by atoms with E-state index in [0.717, 1.165) is 11.5 Å². The Labute approximate surface area is 128 Å². The van der Waals surface area contributed by atoms with Crippen LogP contribution in [0.5, 0.6) is 0 Å². The number of hydrogen-bond acceptors (Lipinski definition) is 8. The first-order valence-corrected chi connectivity index (χ1v) is 7.45. The van der Waals surface area contributed by atoms with Gasteiger partial charge in [0.25, 0.3) is 5.91 Å². The molecule has 112 valence electrons. The maximum absolute atomic E-state index is 12.3. The first-order chi connectivity index (χ1) is 10.7. The van der Waals surface area contributed by atoms with Crippen LogP contribution in [0.25, 0.3) is 11.6 Å². The van der Waals surface area contributed by atoms with Gasteiger partial charge >= 0.3 is 0 Å². The Morgan fingerprint density at radius 3 is 3.00 bits per heavy atom. The molecule has 3 aromatic heterocycles. The van der Waals surface area contributed by atoms with Crippen LogP contribution in [0.1, 0.15) is 27.2 Å². The maximum atomic E-state index is 12.3. The molecule has 0 atom stereocenters. The Bertz CT molecular complexity index is 803. The molecule has 8 nitrogen and oxygen atoms in total. The van der Waals surface area contributed by atoms with Gasteiger partial charge in [0.1, 0.15) is 4.88 Å². The van der Waals surface area contributed by atoms with Crippen molar-refractivity contribution in [1.82, 2.24) is 24.6 Å². The molecule has 1 aliphatic heterocycles. The van der Waals surface area contributed by atoms with Crippen LogP contribution in [0.4, 0.5) is 0 Å². The largest absolute Gasteiger partial charge is 0.461 e. The van der Waals surface area contributed by atoms with Crippen LogP contribution >= 0.6 is 11.5 Å². The van der Waals surface area contributed by atoms with Crippen LogP contribution in [0.2, 0.25) is 0 Å². The predicted octanol–water partition coefficient (Wildman–Crippen LogP) is 1.73. The van der Waals surface area contributed by atoms with Crippen LogP contribution in [0.3, 0.4) is 0 Å². The van der Waals surface area contributed by atoms with E-state index in [9.17, 15) is 4.79 Å². The summed E-state index contributed by atoms with van der Waals surface area (Å²) in [5, 5.41) is 7.75. The highest BCUT2D eigenvalue weighted by Gasteiger charge is 2.37. The molecule has 4 rings (SSSR count). The summed E-state index contributed by atoms with van der Waals surface area (Å²) in [5.41, 5.74) is 0.663. The van der Waals surface area contributed by atoms with Crippen molar-refractivity contribution < 1.29 is 13.7 Å². The predicted molar refractivity (Wildman–Crippen MR) is 75.3 cm³/mol. The van der Waals surface area contributed by atoms with E-state index in [0.29, 0.717) is 41.1 Å². The fourth-order valence-electron chi connectivity index (χ4n) is 2.28. The van der Waals surface area contributed by atoms with Crippen molar-refractivity contribution in [2.24, 2.45) is 0 Å². The zero-order chi connectivity index (χ0) is 15.1. The molecule has 22 heavy (non-hydrogen) atoms. The summed E-state index contributed by atoms with van der Waals surface area (Å²) in [5.74, 6) is 1.52. The van der Waals surface area contributed by atoms with Gasteiger partial charge in [0.2, 0.25) is 11.7 Å². The minimum absolute atomic E-state index is 0.0467. The number of likely N-dealkylation sites (tertiary alicyclic amines) is 1. The molecule has 1 fully saturated rings. The van der Waals surface area contributed by atoms with Crippen LogP contribution in [-0.4, -0.2) is 43.6 Å². The normalized spacial score (nSPS) is 15.0. The van der Waals surface area contributed by atoms with Crippen molar-refractivity contribution in [1.29, 1.82) is 0 Å². The highest BCUT2D eigenvalue weighted by molar-refractivity contribution is 7.07. The van der Waals surface area contributed by atoms with Crippen LogP contribution in [0, 0.1) is 6.92 Å². The van der Waals surface area contributed by atoms with Gasteiger partial charge in [-0.3, -0.25) is 4.79 Å². The van der Waals surface area contributed by atoms with Gasteiger partial charge in [-0.2, -0.15) is 4.98 Å². The molecule has 0 bridgehead atoms. The Hall–Kier alpha value is -2.55. The van der Waals surface area contributed by atoms with E-state index in [1.807, 2.05) is 0 Å². The van der Waals surface area contributed by atoms with E-state index in [2.05, 4.69) is 19.7 Å². The van der Waals surface area contributed by atoms with E-state index < -0.39 is 0 Å². The lowest BCUT2D eigenvalue weighted by atomic mass is 10.00. The summed E-state index contributed by atoms with van der Waals surface area (Å²) in [6.45, 7) is 2.88. The van der Waals surface area contributed by atoms with Gasteiger partial charge in [-0.1, -0.05) is 9.64 Å². The molecule has 3 aromatic rings. The molecule has 0 N–H and O–H groups in total. The highest BCUT2D eigenvalue weighted by Crippen LogP contribution is 2.29. The Kier molecular flexibility index (Phi) is 3.00. The number of nitrogens with zero attached hydrogens (tertiary/aromatic N) is 5. The first kappa shape index (κ1) is 13.1. The summed E-state index contributed by atoms with van der Waals surface area (Å²) >= 11 is 1.12. The fraction of sp³-hybridized carbons (Fsp3) is 0.308. The lowest BCUT2D eigenvalue weighted by Crippen LogP contribution is -2.48. The van der Waals surface area contributed by atoms with E-state index in [1.54, 1.807) is 30.2 Å². The number of rotatable bonds is 3. The molecule has 0 radical (unpaired) electrons. The monoisotopic (exact) mass is 317 g/mol. The minimum atomic E-state index is -0.0467. The molecule has 0 spiro atoms. The Morgan fingerprint density at radius 2 is 2.32 bits per heavy atom. The number of furan rings is 1. The van der Waals surface area contributed by atoms with Gasteiger partial charge in [-0.05, 0) is 30.6 Å². The average Bonchev–Trinajstić information content (AvgIpc) is 3.17. The highest BCUT2D eigenvalue weighted by atomic mass is 32.1. The minimum Gasteiger partial charge on any atom is -0.461 e. The summed E-state index contributed by atoms with van der Waals surface area (Å²) in [6.07, 6.45) is 1.56. The van der Waals surface area contributed by atoms with Gasteiger partial charge in [-0.25, -0.2) is 0 Å². The molecule has 0 unspecified atom stereocenters. The molecule has 0 aliphatic carbocycles. The molecule has 1 amide bonds. The summed E-state index contributed by atoms with van der Waals surface area (Å²) < 4.78 is 14.3. The zero-order valence-corrected chi connectivity index (χ0v) is 12.4. The Balaban J connectivity index is 1.43. The van der Waals surface area contributed by atoms with Gasteiger partial charge in [0.05, 0.1) is 17.9 Å². The number of hydrogen-bond donors (Lipinski definition) is 0. The van der Waals surface area contributed by atoms with E-state index >= 15 is 0 Å². The van der Waals surface area contributed by atoms with Crippen LogP contribution in [0.15, 0.2) is 27.3 Å². The number of carbonyl (C=O) groups excluding carboxylic acids is 1. The van der Waals surface area contributed by atoms with Gasteiger partial charge < -0.3 is 13.8 Å². The maximum Gasteiger partial charge on any atom is 0.267 e. The van der Waals surface area contributed by atoms with Gasteiger partial charge in [0.15, 0.2) is 5.76 Å². The summed E-state index contributed by atoms with van der Waals surface area (Å²) in [7, 11) is 0. The molecule has 1 aliphatic rings. The second-order valence-electron chi connectivity index (χ2n) is 5.03. The standard InChI is InChI=1S/C13H11N5O3S/c1-7-10(22-17-15-7)13(19)18-5-8(6-18)12-14-11(16-21-12)9-3-2-4-20-9/h2-4,8H,5-6H2,1H3. The Morgan fingerprint density at radius 1 is 1.45 bits per heavy atom. The number of carbonyl (C=O) groups is 1. The van der Waals surface area contributed by atoms with Crippen molar-refractivity contribution in [3.05, 3.63) is 34.9 Å². The van der Waals surface area contributed by atoms with Gasteiger partial charge in [-0.15, -0.1) is 5.10 Å². The summed E-state index contributed by atoms with van der Waals surface area (Å²) in [6, 6.07) is 3.53. The van der Waals surface area contributed by atoms with Crippen LogP contribution in [-0.2, 0) is 0 Å². The lowest BCUT2D eigenvalue weighted by Gasteiger charge is -2.36. The third-order valence-electron chi connectivity index (χ3n) is 3.55. The second-order valence-corrected chi connectivity index (χ2v) is 5.78. The SMILES string of the molecule is Cc1nnsc1C(=O)N1CC(c2nc(-c3ccco3)no2)C1. The molecule has 0 saturated carbocycles. The first-order valence-electron chi connectivity index (χ1n) is 6.68. The fourth-order valence-corrected chi connectivity index (χ4v) is 2.90. The third-order valence-corrected chi connectivity index (χ3v) is 4.36. The molecule has 9 heteroatoms. The molecule has 1 saturated heterocycles.